The van der Waals surface area contributed by atoms with Gasteiger partial charge in [-0.15, -0.1) is 0 Å². The van der Waals surface area contributed by atoms with E-state index in [1.54, 1.807) is 0 Å². The Kier molecular flexibility index (Phi) is 11.2. The molecule has 0 amide bonds. The Hall–Kier alpha value is -10.8. The number of furan rings is 2. The third-order valence-corrected chi connectivity index (χ3v) is 18.0. The average molecular weight is 1110 g/mol. The lowest BCUT2D eigenvalue weighted by molar-refractivity contribution is 0.637. The summed E-state index contributed by atoms with van der Waals surface area (Å²) in [5.41, 5.74) is 19.3. The molecule has 0 bridgehead atoms. The predicted octanol–water partition coefficient (Wildman–Crippen LogP) is 23.2. The summed E-state index contributed by atoms with van der Waals surface area (Å²) >= 11 is 0. The molecule has 0 saturated carbocycles. The van der Waals surface area contributed by atoms with Crippen LogP contribution in [0.2, 0.25) is 0 Å². The zero-order chi connectivity index (χ0) is 57.3. The lowest BCUT2D eigenvalue weighted by atomic mass is 10.0. The molecule has 0 radical (unpaired) electrons. The van der Waals surface area contributed by atoms with Crippen molar-refractivity contribution in [2.45, 2.75) is 39.5 Å². The monoisotopic (exact) mass is 1110 g/mol. The van der Waals surface area contributed by atoms with Gasteiger partial charge in [0.25, 0.3) is 0 Å². The van der Waals surface area contributed by atoms with Crippen molar-refractivity contribution in [2.75, 3.05) is 9.80 Å². The number of hydrogen-bond acceptors (Lipinski definition) is 4. The van der Waals surface area contributed by atoms with Gasteiger partial charge in [-0.2, -0.15) is 0 Å². The van der Waals surface area contributed by atoms with Crippen molar-refractivity contribution >= 4 is 143 Å². The molecule has 6 nitrogen and oxygen atoms in total. The molecule has 0 unspecified atom stereocenters. The summed E-state index contributed by atoms with van der Waals surface area (Å²) in [7, 11) is 0. The average Bonchev–Trinajstić information content (AvgIpc) is 1.77. The van der Waals surface area contributed by atoms with Crippen LogP contribution in [0.4, 0.5) is 34.1 Å². The third-order valence-electron chi connectivity index (χ3n) is 18.0. The van der Waals surface area contributed by atoms with Crippen molar-refractivity contribution in [3.8, 4) is 11.4 Å². The van der Waals surface area contributed by atoms with Gasteiger partial charge in [-0.1, -0.05) is 137 Å². The quantitative estimate of drug-likeness (QED) is 0.137. The van der Waals surface area contributed by atoms with Crippen LogP contribution in [0.15, 0.2) is 276 Å². The zero-order valence-corrected chi connectivity index (χ0v) is 48.2. The molecule has 0 N–H and O–H groups in total. The maximum absolute atomic E-state index is 7.09. The van der Waals surface area contributed by atoms with E-state index in [9.17, 15) is 0 Å². The van der Waals surface area contributed by atoms with E-state index in [4.69, 9.17) is 8.83 Å². The van der Waals surface area contributed by atoms with Crippen molar-refractivity contribution in [3.05, 3.63) is 278 Å². The number of nitrogens with zero attached hydrogens (tertiary/aromatic N) is 4. The number of fused-ring (bicyclic) bond motifs is 17. The van der Waals surface area contributed by atoms with Crippen LogP contribution in [0.5, 0.6) is 0 Å². The fourth-order valence-electron chi connectivity index (χ4n) is 13.7. The van der Waals surface area contributed by atoms with Crippen LogP contribution in [0.1, 0.15) is 50.7 Å². The van der Waals surface area contributed by atoms with E-state index in [2.05, 4.69) is 314 Å². The molecule has 17 aromatic rings. The number of rotatable bonds is 10. The Morgan fingerprint density at radius 1 is 0.256 bits per heavy atom. The molecule has 86 heavy (non-hydrogen) atoms. The van der Waals surface area contributed by atoms with Gasteiger partial charge in [-0.3, -0.25) is 0 Å². The van der Waals surface area contributed by atoms with Crippen LogP contribution in [-0.2, 0) is 0 Å². The largest absolute Gasteiger partial charge is 0.451 e. The smallest absolute Gasteiger partial charge is 0.178 e. The highest BCUT2D eigenvalue weighted by atomic mass is 16.4. The first-order valence-electron chi connectivity index (χ1n) is 29.9. The van der Waals surface area contributed by atoms with E-state index in [0.29, 0.717) is 11.8 Å². The van der Waals surface area contributed by atoms with E-state index >= 15 is 0 Å². The summed E-state index contributed by atoms with van der Waals surface area (Å²) in [4.78, 5) is 4.78. The van der Waals surface area contributed by atoms with Gasteiger partial charge in [0.15, 0.2) is 11.2 Å². The Bertz CT molecular complexity index is 5190. The van der Waals surface area contributed by atoms with Crippen molar-refractivity contribution in [2.24, 2.45) is 0 Å². The molecule has 6 heteroatoms. The molecule has 4 heterocycles. The van der Waals surface area contributed by atoms with Gasteiger partial charge in [0.05, 0.1) is 22.1 Å². The Labute approximate surface area is 497 Å². The third kappa shape index (κ3) is 7.72. The minimum absolute atomic E-state index is 0.420. The predicted molar refractivity (Wildman–Crippen MR) is 362 cm³/mol. The van der Waals surface area contributed by atoms with Crippen molar-refractivity contribution in [1.29, 1.82) is 0 Å². The topological polar surface area (TPSA) is 42.6 Å². The van der Waals surface area contributed by atoms with Gasteiger partial charge in [0.2, 0.25) is 0 Å². The molecule has 410 valence electrons. The lowest BCUT2D eigenvalue weighted by Crippen LogP contribution is -2.10. The van der Waals surface area contributed by atoms with Gasteiger partial charge in [-0.25, -0.2) is 0 Å². The number of hydrogen-bond donors (Lipinski definition) is 0. The van der Waals surface area contributed by atoms with E-state index in [0.717, 1.165) is 111 Å². The molecular weight excluding hydrogens is 1050 g/mol. The molecule has 0 atom stereocenters. The van der Waals surface area contributed by atoms with Gasteiger partial charge < -0.3 is 27.8 Å². The van der Waals surface area contributed by atoms with Crippen LogP contribution >= 0.6 is 0 Å². The molecular formula is C80H58N4O2. The minimum atomic E-state index is 0.420. The zero-order valence-electron chi connectivity index (χ0n) is 48.2. The van der Waals surface area contributed by atoms with Gasteiger partial charge in [0, 0.05) is 99.4 Å². The second-order valence-electron chi connectivity index (χ2n) is 23.7. The number of para-hydroxylation sites is 4. The van der Waals surface area contributed by atoms with Crippen LogP contribution in [0, 0.1) is 0 Å². The maximum atomic E-state index is 7.09. The molecule has 13 aromatic carbocycles. The lowest BCUT2D eigenvalue weighted by Gasteiger charge is -2.26. The number of benzene rings is 13. The molecule has 0 aliphatic heterocycles. The summed E-state index contributed by atoms with van der Waals surface area (Å²) in [5, 5.41) is 13.3. The Morgan fingerprint density at radius 3 is 1.00 bits per heavy atom. The van der Waals surface area contributed by atoms with Crippen molar-refractivity contribution < 1.29 is 8.83 Å². The molecule has 0 spiro atoms. The van der Waals surface area contributed by atoms with Crippen molar-refractivity contribution in [1.82, 2.24) is 9.13 Å². The standard InChI is InChI=1S/C80H58N4O2/c1-49(2)51-23-29-57(30-24-51)81(61-35-43-75-71(47-61)65-19-11-13-21-73(65)83(75)55-15-7-5-8-16-55)59-33-39-63-53(45-59)27-37-67-69-41-42-70-68-38-28-54-46-60(34-40-64(54)78(68)86-80(70)79(69)85-77(63)67)82(58-31-25-52(26-32-58)50(3)4)62-36-44-76-72(48-62)66-20-12-14-22-74(66)84(76)56-17-9-6-10-18-56/h5-50H,1-4H3. The van der Waals surface area contributed by atoms with Crippen LogP contribution in [-0.4, -0.2) is 9.13 Å². The summed E-state index contributed by atoms with van der Waals surface area (Å²) in [6.45, 7) is 8.99. The Balaban J connectivity index is 0.774. The summed E-state index contributed by atoms with van der Waals surface area (Å²) < 4.78 is 18.9. The molecule has 0 saturated heterocycles. The fraction of sp³-hybridized carbons (Fsp3) is 0.0750. The van der Waals surface area contributed by atoms with Gasteiger partial charge >= 0.3 is 0 Å². The first-order valence-corrected chi connectivity index (χ1v) is 29.9. The number of anilines is 6. The van der Waals surface area contributed by atoms with E-state index in [1.165, 1.54) is 54.7 Å². The van der Waals surface area contributed by atoms with Crippen LogP contribution in [0.25, 0.3) is 120 Å². The molecule has 0 aliphatic carbocycles. The normalized spacial score (nSPS) is 12.2. The summed E-state index contributed by atoms with van der Waals surface area (Å²) in [6, 6.07) is 97.6. The van der Waals surface area contributed by atoms with E-state index < -0.39 is 0 Å². The second-order valence-corrected chi connectivity index (χ2v) is 23.7. The fourth-order valence-corrected chi connectivity index (χ4v) is 13.7. The highest BCUT2D eigenvalue weighted by molar-refractivity contribution is 6.25. The highest BCUT2D eigenvalue weighted by Crippen LogP contribution is 2.47. The van der Waals surface area contributed by atoms with E-state index in [-0.39, 0.29) is 0 Å². The molecule has 0 fully saturated rings. The number of aromatic nitrogens is 2. The van der Waals surface area contributed by atoms with Crippen LogP contribution in [0.3, 0.4) is 0 Å². The first kappa shape index (κ1) is 49.8. The van der Waals surface area contributed by atoms with Crippen molar-refractivity contribution in [3.63, 3.8) is 0 Å². The second kappa shape index (κ2) is 19.4. The molecule has 0 aliphatic rings. The van der Waals surface area contributed by atoms with E-state index in [1.807, 2.05) is 0 Å². The molecule has 17 rings (SSSR count). The van der Waals surface area contributed by atoms with Crippen LogP contribution < -0.4 is 9.80 Å². The van der Waals surface area contributed by atoms with Gasteiger partial charge in [0.1, 0.15) is 11.2 Å². The Morgan fingerprint density at radius 2 is 0.581 bits per heavy atom. The summed E-state index contributed by atoms with van der Waals surface area (Å²) in [6.07, 6.45) is 0. The summed E-state index contributed by atoms with van der Waals surface area (Å²) in [5.74, 6) is 0.840. The minimum Gasteiger partial charge on any atom is -0.451 e. The highest BCUT2D eigenvalue weighted by Gasteiger charge is 2.24. The SMILES string of the molecule is CC(C)c1ccc(N(c2ccc3c(ccc4c5ccc6c7ccc8cc(N(c9ccc(C(C)C)cc9)c9ccc%10c(c9)c9ccccc9n%10-c9ccccc9)ccc8c7oc6c5oc34)c2)c2ccc3c(c2)c2ccccc2n3-c2ccccc2)cc1. The van der Waals surface area contributed by atoms with Gasteiger partial charge in [-0.05, 0) is 191 Å². The molecule has 4 aromatic heterocycles. The first-order chi connectivity index (χ1) is 42.3. The maximum Gasteiger partial charge on any atom is 0.178 e.